The highest BCUT2D eigenvalue weighted by molar-refractivity contribution is 6.16. The molecule has 2 rings (SSSR count). The van der Waals surface area contributed by atoms with Crippen molar-refractivity contribution in [2.45, 2.75) is 102 Å². The van der Waals surface area contributed by atoms with Crippen LogP contribution in [0.5, 0.6) is 5.75 Å². The Labute approximate surface area is 157 Å². The summed E-state index contributed by atoms with van der Waals surface area (Å²) in [6.45, 7) is 4.60. The Morgan fingerprint density at radius 1 is 1.04 bits per heavy atom. The van der Waals surface area contributed by atoms with E-state index in [1.54, 1.807) is 7.11 Å². The van der Waals surface area contributed by atoms with Gasteiger partial charge >= 0.3 is 0 Å². The van der Waals surface area contributed by atoms with Crippen LogP contribution in [-0.2, 0) is 5.31 Å². The molecule has 1 unspecified atom stereocenters. The van der Waals surface area contributed by atoms with E-state index in [4.69, 9.17) is 12.6 Å². The second-order valence-corrected chi connectivity index (χ2v) is 8.13. The van der Waals surface area contributed by atoms with Gasteiger partial charge in [0, 0.05) is 0 Å². The van der Waals surface area contributed by atoms with E-state index < -0.39 is 0 Å². The molecule has 25 heavy (non-hydrogen) atoms. The summed E-state index contributed by atoms with van der Waals surface area (Å²) < 4.78 is 5.77. The van der Waals surface area contributed by atoms with Crippen molar-refractivity contribution in [2.75, 3.05) is 7.11 Å². The van der Waals surface area contributed by atoms with Crippen LogP contribution in [0.25, 0.3) is 0 Å². The Hall–Kier alpha value is -0.915. The SMILES string of the molecule is [B]C1(c2ccc(C(C)CCCCCC)c(OC)c2)CCCCCCC1. The van der Waals surface area contributed by atoms with Gasteiger partial charge in [-0.15, -0.1) is 0 Å². The predicted molar refractivity (Wildman–Crippen MR) is 110 cm³/mol. The molecule has 1 fully saturated rings. The molecule has 0 saturated heterocycles. The summed E-state index contributed by atoms with van der Waals surface area (Å²) >= 11 is 0. The van der Waals surface area contributed by atoms with Crippen molar-refractivity contribution < 1.29 is 4.74 Å². The molecule has 2 radical (unpaired) electrons. The normalized spacial score (nSPS) is 19.0. The fourth-order valence-corrected chi connectivity index (χ4v) is 4.29. The van der Waals surface area contributed by atoms with Gasteiger partial charge in [-0.05, 0) is 34.8 Å². The number of hydrogen-bond donors (Lipinski definition) is 0. The summed E-state index contributed by atoms with van der Waals surface area (Å²) in [5, 5.41) is -0.170. The van der Waals surface area contributed by atoms with Gasteiger partial charge in [0.1, 0.15) is 5.75 Å². The number of benzene rings is 1. The lowest BCUT2D eigenvalue weighted by Crippen LogP contribution is -2.27. The van der Waals surface area contributed by atoms with Crippen LogP contribution in [-0.4, -0.2) is 15.0 Å². The quantitative estimate of drug-likeness (QED) is 0.370. The number of methoxy groups -OCH3 is 1. The third-order valence-electron chi connectivity index (χ3n) is 6.08. The summed E-state index contributed by atoms with van der Waals surface area (Å²) in [7, 11) is 8.66. The molecule has 0 N–H and O–H groups in total. The summed E-state index contributed by atoms with van der Waals surface area (Å²) in [5.74, 6) is 1.58. The molecule has 138 valence electrons. The fraction of sp³-hybridized carbons (Fsp3) is 0.739. The third kappa shape index (κ3) is 5.79. The lowest BCUT2D eigenvalue weighted by Gasteiger charge is -2.33. The van der Waals surface area contributed by atoms with Crippen LogP contribution in [0, 0.1) is 0 Å². The van der Waals surface area contributed by atoms with E-state index in [2.05, 4.69) is 32.0 Å². The minimum Gasteiger partial charge on any atom is -0.496 e. The van der Waals surface area contributed by atoms with E-state index in [1.807, 2.05) is 0 Å². The maximum atomic E-state index is 6.86. The Kier molecular flexibility index (Phi) is 8.39. The molecule has 1 saturated carbocycles. The molecule has 1 atom stereocenters. The molecule has 1 aliphatic rings. The van der Waals surface area contributed by atoms with Crippen LogP contribution in [0.3, 0.4) is 0 Å². The summed E-state index contributed by atoms with van der Waals surface area (Å²) in [5.41, 5.74) is 2.62. The van der Waals surface area contributed by atoms with E-state index in [1.165, 1.54) is 75.3 Å². The van der Waals surface area contributed by atoms with E-state index in [0.717, 1.165) is 18.6 Å². The summed E-state index contributed by atoms with van der Waals surface area (Å²) in [6, 6.07) is 6.80. The fourth-order valence-electron chi connectivity index (χ4n) is 4.29. The van der Waals surface area contributed by atoms with Gasteiger partial charge in [0.2, 0.25) is 0 Å². The van der Waals surface area contributed by atoms with E-state index >= 15 is 0 Å². The number of rotatable bonds is 8. The van der Waals surface area contributed by atoms with Crippen LogP contribution >= 0.6 is 0 Å². The van der Waals surface area contributed by atoms with E-state index in [0.29, 0.717) is 5.92 Å². The van der Waals surface area contributed by atoms with Crippen LogP contribution in [0.2, 0.25) is 0 Å². The molecule has 0 aliphatic heterocycles. The first-order valence-corrected chi connectivity index (χ1v) is 10.6. The standard InChI is InChI=1S/C23H37BO/c1-4-5-6-10-13-19(2)21-15-14-20(18-22(21)25-3)23(24)16-11-8-7-9-12-17-23/h14-15,18-19H,4-13,16-17H2,1-3H3. The van der Waals surface area contributed by atoms with Crippen molar-refractivity contribution in [1.29, 1.82) is 0 Å². The summed E-state index contributed by atoms with van der Waals surface area (Å²) in [6.07, 6.45) is 15.2. The Morgan fingerprint density at radius 3 is 2.36 bits per heavy atom. The molecule has 0 spiro atoms. The smallest absolute Gasteiger partial charge is 0.122 e. The molecular formula is C23H37BO. The maximum absolute atomic E-state index is 6.86. The lowest BCUT2D eigenvalue weighted by atomic mass is 9.58. The van der Waals surface area contributed by atoms with Gasteiger partial charge in [0.25, 0.3) is 0 Å². The Balaban J connectivity index is 2.11. The van der Waals surface area contributed by atoms with Crippen molar-refractivity contribution in [1.82, 2.24) is 0 Å². The van der Waals surface area contributed by atoms with Gasteiger partial charge in [0.05, 0.1) is 15.0 Å². The van der Waals surface area contributed by atoms with E-state index in [-0.39, 0.29) is 5.31 Å². The van der Waals surface area contributed by atoms with Crippen molar-refractivity contribution in [2.24, 2.45) is 0 Å². The zero-order valence-corrected chi connectivity index (χ0v) is 16.8. The van der Waals surface area contributed by atoms with Gasteiger partial charge in [-0.2, -0.15) is 0 Å². The van der Waals surface area contributed by atoms with Gasteiger partial charge < -0.3 is 4.74 Å². The average molecular weight is 340 g/mol. The zero-order valence-electron chi connectivity index (χ0n) is 16.8. The van der Waals surface area contributed by atoms with E-state index in [9.17, 15) is 0 Å². The lowest BCUT2D eigenvalue weighted by molar-refractivity contribution is 0.395. The molecule has 1 nitrogen and oxygen atoms in total. The van der Waals surface area contributed by atoms with Crippen molar-refractivity contribution in [3.8, 4) is 5.75 Å². The molecule has 0 bridgehead atoms. The number of unbranched alkanes of at least 4 members (excludes halogenated alkanes) is 3. The maximum Gasteiger partial charge on any atom is 0.122 e. The Morgan fingerprint density at radius 2 is 1.72 bits per heavy atom. The predicted octanol–water partition coefficient (Wildman–Crippen LogP) is 6.88. The molecule has 0 aromatic heterocycles. The minimum absolute atomic E-state index is 0.170. The van der Waals surface area contributed by atoms with Gasteiger partial charge in [0.15, 0.2) is 0 Å². The third-order valence-corrected chi connectivity index (χ3v) is 6.08. The highest BCUT2D eigenvalue weighted by atomic mass is 16.5. The van der Waals surface area contributed by atoms with Gasteiger partial charge in [-0.1, -0.05) is 96.6 Å². The largest absolute Gasteiger partial charge is 0.496 e. The van der Waals surface area contributed by atoms with Crippen LogP contribution in [0.4, 0.5) is 0 Å². The average Bonchev–Trinajstić information content (AvgIpc) is 2.61. The molecule has 1 aromatic carbocycles. The second-order valence-electron chi connectivity index (χ2n) is 8.13. The van der Waals surface area contributed by atoms with Crippen LogP contribution < -0.4 is 4.74 Å². The minimum atomic E-state index is -0.170. The van der Waals surface area contributed by atoms with Crippen molar-refractivity contribution >= 4 is 7.85 Å². The Bertz CT molecular complexity index is 503. The number of hydrogen-bond acceptors (Lipinski definition) is 1. The summed E-state index contributed by atoms with van der Waals surface area (Å²) in [4.78, 5) is 0. The molecule has 2 heteroatoms. The zero-order chi connectivity index (χ0) is 18.1. The van der Waals surface area contributed by atoms with Crippen molar-refractivity contribution in [3.05, 3.63) is 29.3 Å². The topological polar surface area (TPSA) is 9.23 Å². The first-order chi connectivity index (χ1) is 12.1. The molecule has 1 aromatic rings. The van der Waals surface area contributed by atoms with Crippen LogP contribution in [0.1, 0.15) is 108 Å². The highest BCUT2D eigenvalue weighted by Crippen LogP contribution is 2.39. The van der Waals surface area contributed by atoms with Crippen LogP contribution in [0.15, 0.2) is 18.2 Å². The van der Waals surface area contributed by atoms with Crippen molar-refractivity contribution in [3.63, 3.8) is 0 Å². The molecular weight excluding hydrogens is 303 g/mol. The van der Waals surface area contributed by atoms with Gasteiger partial charge in [-0.3, -0.25) is 0 Å². The second kappa shape index (κ2) is 10.3. The molecule has 0 heterocycles. The first-order valence-electron chi connectivity index (χ1n) is 10.6. The molecule has 0 amide bonds. The first kappa shape index (κ1) is 20.4. The monoisotopic (exact) mass is 340 g/mol. The number of ether oxygens (including phenoxy) is 1. The molecule has 1 aliphatic carbocycles. The van der Waals surface area contributed by atoms with Gasteiger partial charge in [-0.25, -0.2) is 0 Å². The highest BCUT2D eigenvalue weighted by Gasteiger charge is 2.27.